The zero-order chi connectivity index (χ0) is 16.9. The Morgan fingerprint density at radius 2 is 1.83 bits per heavy atom. The van der Waals surface area contributed by atoms with Crippen molar-refractivity contribution in [2.45, 2.75) is 70.8 Å². The van der Waals surface area contributed by atoms with Gasteiger partial charge in [0.2, 0.25) is 0 Å². The fraction of sp³-hybridized carbons (Fsp3) is 0.895. The number of nitrogens with one attached hydrogen (secondary N) is 1. The van der Waals surface area contributed by atoms with Crippen LogP contribution in [0.25, 0.3) is 0 Å². The van der Waals surface area contributed by atoms with Gasteiger partial charge in [0.1, 0.15) is 0 Å². The third-order valence-electron chi connectivity index (χ3n) is 6.20. The fourth-order valence-corrected chi connectivity index (χ4v) is 4.88. The van der Waals surface area contributed by atoms with Gasteiger partial charge in [-0.15, -0.1) is 0 Å². The molecule has 4 atom stereocenters. The van der Waals surface area contributed by atoms with E-state index in [0.29, 0.717) is 19.2 Å². The number of nitrogens with zero attached hydrogens (tertiary/aromatic N) is 1. The maximum absolute atomic E-state index is 12.6. The Morgan fingerprint density at radius 1 is 1.04 bits per heavy atom. The van der Waals surface area contributed by atoms with Crippen LogP contribution in [0.3, 0.4) is 0 Å². The normalized spacial score (nSPS) is 33.5. The van der Waals surface area contributed by atoms with Gasteiger partial charge >= 0.3 is 12.0 Å². The van der Waals surface area contributed by atoms with Crippen LogP contribution in [0, 0.1) is 17.8 Å². The summed E-state index contributed by atoms with van der Waals surface area (Å²) in [4.78, 5) is 26.4. The molecule has 136 valence electrons. The SMILES string of the molecule is CCOC(=O)[C@@H]1CCCN(C(=O)N[C@@H]2CC[C@H]3CCCC[C@@H]3C2)C1. The zero-order valence-corrected chi connectivity index (χ0v) is 15.0. The monoisotopic (exact) mass is 336 g/mol. The lowest BCUT2D eigenvalue weighted by atomic mass is 9.69. The van der Waals surface area contributed by atoms with Crippen LogP contribution in [0.15, 0.2) is 0 Å². The van der Waals surface area contributed by atoms with Crippen LogP contribution in [-0.2, 0) is 9.53 Å². The highest BCUT2D eigenvalue weighted by Crippen LogP contribution is 2.40. The average molecular weight is 336 g/mol. The second kappa shape index (κ2) is 8.21. The first-order valence-electron chi connectivity index (χ1n) is 9.89. The van der Waals surface area contributed by atoms with Crippen molar-refractivity contribution in [2.75, 3.05) is 19.7 Å². The van der Waals surface area contributed by atoms with E-state index in [4.69, 9.17) is 4.74 Å². The molecule has 5 nitrogen and oxygen atoms in total. The smallest absolute Gasteiger partial charge is 0.317 e. The van der Waals surface area contributed by atoms with Gasteiger partial charge in [0, 0.05) is 19.1 Å². The van der Waals surface area contributed by atoms with E-state index < -0.39 is 0 Å². The van der Waals surface area contributed by atoms with Crippen molar-refractivity contribution < 1.29 is 14.3 Å². The predicted molar refractivity (Wildman–Crippen MR) is 92.5 cm³/mol. The Morgan fingerprint density at radius 3 is 2.62 bits per heavy atom. The van der Waals surface area contributed by atoms with Crippen LogP contribution in [0.5, 0.6) is 0 Å². The Bertz CT molecular complexity index is 454. The van der Waals surface area contributed by atoms with Crippen LogP contribution >= 0.6 is 0 Å². The Hall–Kier alpha value is -1.26. The molecule has 3 rings (SSSR count). The molecule has 0 spiro atoms. The standard InChI is InChI=1S/C19H32N2O3/c1-2-24-18(22)16-8-5-11-21(13-16)19(23)20-17-10-9-14-6-3-4-7-15(14)12-17/h14-17H,2-13H2,1H3,(H,20,23)/t14-,15-,16-,17-/m1/s1. The Balaban J connectivity index is 1.48. The molecular formula is C19H32N2O3. The largest absolute Gasteiger partial charge is 0.466 e. The van der Waals surface area contributed by atoms with Gasteiger partial charge in [-0.2, -0.15) is 0 Å². The van der Waals surface area contributed by atoms with Gasteiger partial charge in [-0.25, -0.2) is 4.79 Å². The maximum atomic E-state index is 12.6. The average Bonchev–Trinajstić information content (AvgIpc) is 2.62. The lowest BCUT2D eigenvalue weighted by molar-refractivity contribution is -0.149. The molecule has 1 N–H and O–H groups in total. The summed E-state index contributed by atoms with van der Waals surface area (Å²) < 4.78 is 5.12. The molecule has 0 bridgehead atoms. The molecule has 0 aromatic carbocycles. The van der Waals surface area contributed by atoms with Crippen LogP contribution in [-0.4, -0.2) is 42.6 Å². The summed E-state index contributed by atoms with van der Waals surface area (Å²) >= 11 is 0. The third kappa shape index (κ3) is 4.22. The van der Waals surface area contributed by atoms with Crippen molar-refractivity contribution in [2.24, 2.45) is 17.8 Å². The molecular weight excluding hydrogens is 304 g/mol. The number of piperidine rings is 1. The first-order valence-corrected chi connectivity index (χ1v) is 9.89. The maximum Gasteiger partial charge on any atom is 0.317 e. The quantitative estimate of drug-likeness (QED) is 0.804. The van der Waals surface area contributed by atoms with Crippen molar-refractivity contribution in [3.8, 4) is 0 Å². The third-order valence-corrected chi connectivity index (χ3v) is 6.20. The van der Waals surface area contributed by atoms with E-state index >= 15 is 0 Å². The van der Waals surface area contributed by atoms with Crippen LogP contribution < -0.4 is 5.32 Å². The summed E-state index contributed by atoms with van der Waals surface area (Å²) in [7, 11) is 0. The van der Waals surface area contributed by atoms with Crippen LogP contribution in [0.1, 0.15) is 64.7 Å². The summed E-state index contributed by atoms with van der Waals surface area (Å²) in [5, 5.41) is 3.25. The summed E-state index contributed by atoms with van der Waals surface area (Å²) in [6.07, 6.45) is 10.7. The number of hydrogen-bond acceptors (Lipinski definition) is 3. The molecule has 0 aromatic rings. The van der Waals surface area contributed by atoms with Gasteiger partial charge in [0.25, 0.3) is 0 Å². The highest BCUT2D eigenvalue weighted by molar-refractivity contribution is 5.77. The topological polar surface area (TPSA) is 58.6 Å². The molecule has 1 heterocycles. The van der Waals surface area contributed by atoms with E-state index in [1.54, 1.807) is 0 Å². The molecule has 3 aliphatic rings. The summed E-state index contributed by atoms with van der Waals surface area (Å²) in [5.41, 5.74) is 0. The molecule has 3 fully saturated rings. The number of hydrogen-bond donors (Lipinski definition) is 1. The lowest BCUT2D eigenvalue weighted by Crippen LogP contribution is -2.51. The minimum atomic E-state index is -0.155. The van der Waals surface area contributed by atoms with Crippen LogP contribution in [0.2, 0.25) is 0 Å². The van der Waals surface area contributed by atoms with Gasteiger partial charge < -0.3 is 15.0 Å². The highest BCUT2D eigenvalue weighted by atomic mass is 16.5. The molecule has 24 heavy (non-hydrogen) atoms. The molecule has 2 saturated carbocycles. The molecule has 0 unspecified atom stereocenters. The van der Waals surface area contributed by atoms with Crippen molar-refractivity contribution in [3.05, 3.63) is 0 Å². The van der Waals surface area contributed by atoms with Crippen molar-refractivity contribution >= 4 is 12.0 Å². The summed E-state index contributed by atoms with van der Waals surface area (Å²) in [6.45, 7) is 3.49. The van der Waals surface area contributed by atoms with E-state index in [1.165, 1.54) is 32.1 Å². The number of carbonyl (C=O) groups is 2. The van der Waals surface area contributed by atoms with Gasteiger partial charge in [-0.05, 0) is 50.9 Å². The molecule has 5 heteroatoms. The zero-order valence-electron chi connectivity index (χ0n) is 15.0. The minimum absolute atomic E-state index is 0.0169. The van der Waals surface area contributed by atoms with E-state index in [-0.39, 0.29) is 17.9 Å². The molecule has 0 aromatic heterocycles. The first kappa shape index (κ1) is 17.6. The minimum Gasteiger partial charge on any atom is -0.466 e. The van der Waals surface area contributed by atoms with Gasteiger partial charge in [-0.3, -0.25) is 4.79 Å². The molecule has 0 radical (unpaired) electrons. The molecule has 2 amide bonds. The Labute approximate surface area is 145 Å². The summed E-state index contributed by atoms with van der Waals surface area (Å²) in [6, 6.07) is 0.336. The van der Waals surface area contributed by atoms with Crippen molar-refractivity contribution in [3.63, 3.8) is 0 Å². The number of rotatable bonds is 3. The fourth-order valence-electron chi connectivity index (χ4n) is 4.88. The number of esters is 1. The number of likely N-dealkylation sites (tertiary alicyclic amines) is 1. The number of fused-ring (bicyclic) bond motifs is 1. The van der Waals surface area contributed by atoms with Crippen molar-refractivity contribution in [1.82, 2.24) is 10.2 Å². The second-order valence-corrected chi connectivity index (χ2v) is 7.80. The van der Waals surface area contributed by atoms with Gasteiger partial charge in [0.05, 0.1) is 12.5 Å². The lowest BCUT2D eigenvalue weighted by Gasteiger charge is -2.40. The first-order chi connectivity index (χ1) is 11.7. The summed E-state index contributed by atoms with van der Waals surface area (Å²) in [5.74, 6) is 1.40. The highest BCUT2D eigenvalue weighted by Gasteiger charge is 2.34. The number of amides is 2. The number of urea groups is 1. The number of carbonyl (C=O) groups excluding carboxylic acids is 2. The van der Waals surface area contributed by atoms with E-state index in [0.717, 1.165) is 44.1 Å². The van der Waals surface area contributed by atoms with E-state index in [2.05, 4.69) is 5.32 Å². The Kier molecular flexibility index (Phi) is 6.01. The predicted octanol–water partition coefficient (Wildman–Crippen LogP) is 3.33. The molecule has 1 aliphatic heterocycles. The second-order valence-electron chi connectivity index (χ2n) is 7.80. The van der Waals surface area contributed by atoms with Gasteiger partial charge in [-0.1, -0.05) is 25.7 Å². The molecule has 1 saturated heterocycles. The van der Waals surface area contributed by atoms with Crippen LogP contribution in [0.4, 0.5) is 4.79 Å². The van der Waals surface area contributed by atoms with E-state index in [9.17, 15) is 9.59 Å². The van der Waals surface area contributed by atoms with Crippen molar-refractivity contribution in [1.29, 1.82) is 0 Å². The number of ether oxygens (including phenoxy) is 1. The van der Waals surface area contributed by atoms with E-state index in [1.807, 2.05) is 11.8 Å². The molecule has 2 aliphatic carbocycles. The van der Waals surface area contributed by atoms with Gasteiger partial charge in [0.15, 0.2) is 0 Å².